The summed E-state index contributed by atoms with van der Waals surface area (Å²) in [5.41, 5.74) is 13.5. The average molecular weight is 383 g/mol. The molecule has 1 aliphatic heterocycles. The van der Waals surface area contributed by atoms with Gasteiger partial charge in [-0.25, -0.2) is 0 Å². The lowest BCUT2D eigenvalue weighted by Crippen LogP contribution is -2.43. The van der Waals surface area contributed by atoms with Crippen molar-refractivity contribution in [3.05, 3.63) is 35.4 Å². The SMILES string of the molecule is CC(C)[C@H](N)C(=O)NCc1cccc(CN2CCCC(C(N)=O)C2)c1.Cl. The van der Waals surface area contributed by atoms with E-state index in [1.807, 2.05) is 26.0 Å². The van der Waals surface area contributed by atoms with Gasteiger partial charge in [-0.2, -0.15) is 0 Å². The molecule has 0 spiro atoms. The first-order valence-corrected chi connectivity index (χ1v) is 8.99. The Morgan fingerprint density at radius 3 is 2.65 bits per heavy atom. The molecule has 6 nitrogen and oxygen atoms in total. The van der Waals surface area contributed by atoms with Crippen molar-refractivity contribution in [3.8, 4) is 0 Å². The lowest BCUT2D eigenvalue weighted by atomic mass is 9.97. The molecule has 1 aromatic carbocycles. The van der Waals surface area contributed by atoms with Crippen LogP contribution in [0.5, 0.6) is 0 Å². The highest BCUT2D eigenvalue weighted by Gasteiger charge is 2.23. The van der Waals surface area contributed by atoms with Crippen molar-refractivity contribution in [1.82, 2.24) is 10.2 Å². The van der Waals surface area contributed by atoms with Gasteiger partial charge in [-0.3, -0.25) is 14.5 Å². The number of benzene rings is 1. The van der Waals surface area contributed by atoms with E-state index in [0.717, 1.165) is 38.0 Å². The van der Waals surface area contributed by atoms with Crippen LogP contribution in [-0.2, 0) is 22.7 Å². The van der Waals surface area contributed by atoms with E-state index in [0.29, 0.717) is 6.54 Å². The highest BCUT2D eigenvalue weighted by Crippen LogP contribution is 2.18. The molecule has 1 unspecified atom stereocenters. The zero-order valence-electron chi connectivity index (χ0n) is 15.6. The second-order valence-electron chi connectivity index (χ2n) is 7.28. The summed E-state index contributed by atoms with van der Waals surface area (Å²) in [6.07, 6.45) is 1.88. The normalized spacial score (nSPS) is 18.8. The van der Waals surface area contributed by atoms with Gasteiger partial charge < -0.3 is 16.8 Å². The lowest BCUT2D eigenvalue weighted by molar-refractivity contribution is -0.124. The van der Waals surface area contributed by atoms with Crippen LogP contribution in [0.2, 0.25) is 0 Å². The fraction of sp³-hybridized carbons (Fsp3) is 0.579. The van der Waals surface area contributed by atoms with Gasteiger partial charge in [0.25, 0.3) is 0 Å². The number of likely N-dealkylation sites (tertiary alicyclic amines) is 1. The van der Waals surface area contributed by atoms with Crippen molar-refractivity contribution >= 4 is 24.2 Å². The Kier molecular flexibility index (Phi) is 9.05. The maximum Gasteiger partial charge on any atom is 0.237 e. The Morgan fingerprint density at radius 1 is 1.31 bits per heavy atom. The molecule has 1 fully saturated rings. The lowest BCUT2D eigenvalue weighted by Gasteiger charge is -2.31. The van der Waals surface area contributed by atoms with Gasteiger partial charge in [0.2, 0.25) is 11.8 Å². The standard InChI is InChI=1S/C19H30N4O2.ClH/c1-13(2)17(20)19(25)22-10-14-5-3-6-15(9-14)11-23-8-4-7-16(12-23)18(21)24;/h3,5-6,9,13,16-17H,4,7-8,10-12,20H2,1-2H3,(H2,21,24)(H,22,25);1H/t16?,17-;/m0./s1. The summed E-state index contributed by atoms with van der Waals surface area (Å²) in [6, 6.07) is 7.66. The predicted octanol–water partition coefficient (Wildman–Crippen LogP) is 1.41. The highest BCUT2D eigenvalue weighted by atomic mass is 35.5. The van der Waals surface area contributed by atoms with Crippen LogP contribution in [0.1, 0.15) is 37.8 Å². The quantitative estimate of drug-likeness (QED) is 0.663. The first kappa shape index (κ1) is 22.4. The molecule has 0 aromatic heterocycles. The maximum absolute atomic E-state index is 12.0. The van der Waals surface area contributed by atoms with Crippen molar-refractivity contribution in [1.29, 1.82) is 0 Å². The number of nitrogens with zero attached hydrogens (tertiary/aromatic N) is 1. The summed E-state index contributed by atoms with van der Waals surface area (Å²) in [6.45, 7) is 6.83. The number of nitrogens with one attached hydrogen (secondary N) is 1. The molecule has 26 heavy (non-hydrogen) atoms. The third-order valence-electron chi connectivity index (χ3n) is 4.79. The Balaban J connectivity index is 0.00000338. The molecule has 0 radical (unpaired) electrons. The number of hydrogen-bond donors (Lipinski definition) is 3. The summed E-state index contributed by atoms with van der Waals surface area (Å²) < 4.78 is 0. The van der Waals surface area contributed by atoms with Gasteiger partial charge >= 0.3 is 0 Å². The van der Waals surface area contributed by atoms with Crippen LogP contribution >= 0.6 is 12.4 Å². The second kappa shape index (κ2) is 10.5. The van der Waals surface area contributed by atoms with Gasteiger partial charge in [-0.05, 0) is 36.4 Å². The summed E-state index contributed by atoms with van der Waals surface area (Å²) in [5, 5.41) is 2.89. The topological polar surface area (TPSA) is 101 Å². The monoisotopic (exact) mass is 382 g/mol. The van der Waals surface area contributed by atoms with Crippen molar-refractivity contribution in [3.63, 3.8) is 0 Å². The highest BCUT2D eigenvalue weighted by molar-refractivity contribution is 5.85. The van der Waals surface area contributed by atoms with Crippen LogP contribution in [0.25, 0.3) is 0 Å². The number of carbonyl (C=O) groups excluding carboxylic acids is 2. The van der Waals surface area contributed by atoms with Gasteiger partial charge in [0.15, 0.2) is 0 Å². The van der Waals surface area contributed by atoms with Gasteiger partial charge in [-0.1, -0.05) is 38.1 Å². The van der Waals surface area contributed by atoms with Crippen molar-refractivity contribution in [2.24, 2.45) is 23.3 Å². The summed E-state index contributed by atoms with van der Waals surface area (Å²) in [7, 11) is 0. The van der Waals surface area contributed by atoms with Crippen LogP contribution in [0.15, 0.2) is 24.3 Å². The molecule has 5 N–H and O–H groups in total. The first-order chi connectivity index (χ1) is 11.9. The van der Waals surface area contributed by atoms with Gasteiger partial charge in [-0.15, -0.1) is 12.4 Å². The van der Waals surface area contributed by atoms with Crippen LogP contribution in [0.4, 0.5) is 0 Å². The fourth-order valence-corrected chi connectivity index (χ4v) is 3.14. The van der Waals surface area contributed by atoms with E-state index in [4.69, 9.17) is 11.5 Å². The maximum atomic E-state index is 12.0. The second-order valence-corrected chi connectivity index (χ2v) is 7.28. The molecule has 2 amide bonds. The summed E-state index contributed by atoms with van der Waals surface area (Å²) in [5.74, 6) is -0.263. The van der Waals surface area contributed by atoms with Crippen LogP contribution < -0.4 is 16.8 Å². The number of carbonyl (C=O) groups is 2. The van der Waals surface area contributed by atoms with E-state index in [1.54, 1.807) is 0 Å². The molecule has 0 bridgehead atoms. The fourth-order valence-electron chi connectivity index (χ4n) is 3.14. The molecule has 0 saturated carbocycles. The zero-order valence-corrected chi connectivity index (χ0v) is 16.4. The molecule has 1 heterocycles. The minimum Gasteiger partial charge on any atom is -0.369 e. The number of rotatable bonds is 7. The van der Waals surface area contributed by atoms with Crippen molar-refractivity contribution in [2.45, 2.75) is 45.8 Å². The molecule has 1 saturated heterocycles. The van der Waals surface area contributed by atoms with E-state index >= 15 is 0 Å². The number of hydrogen-bond acceptors (Lipinski definition) is 4. The largest absolute Gasteiger partial charge is 0.369 e. The number of primary amides is 1. The van der Waals surface area contributed by atoms with Crippen LogP contribution in [0.3, 0.4) is 0 Å². The molecule has 2 atom stereocenters. The predicted molar refractivity (Wildman–Crippen MR) is 106 cm³/mol. The Hall–Kier alpha value is -1.63. The van der Waals surface area contributed by atoms with Crippen molar-refractivity contribution in [2.75, 3.05) is 13.1 Å². The van der Waals surface area contributed by atoms with Gasteiger partial charge in [0, 0.05) is 19.6 Å². The molecular weight excluding hydrogens is 352 g/mol. The van der Waals surface area contributed by atoms with E-state index in [2.05, 4.69) is 22.3 Å². The molecule has 1 aliphatic rings. The Labute approximate surface area is 162 Å². The van der Waals surface area contributed by atoms with Gasteiger partial charge in [0.05, 0.1) is 12.0 Å². The van der Waals surface area contributed by atoms with E-state index < -0.39 is 6.04 Å². The van der Waals surface area contributed by atoms with E-state index in [-0.39, 0.29) is 36.1 Å². The minimum absolute atomic E-state index is 0. The molecule has 7 heteroatoms. The minimum atomic E-state index is -0.484. The van der Waals surface area contributed by atoms with E-state index in [1.165, 1.54) is 5.56 Å². The molecule has 146 valence electrons. The number of amides is 2. The molecule has 0 aliphatic carbocycles. The zero-order chi connectivity index (χ0) is 18.4. The van der Waals surface area contributed by atoms with Crippen LogP contribution in [-0.4, -0.2) is 35.8 Å². The van der Waals surface area contributed by atoms with E-state index in [9.17, 15) is 9.59 Å². The molecule has 1 aromatic rings. The first-order valence-electron chi connectivity index (χ1n) is 8.99. The number of piperidine rings is 1. The smallest absolute Gasteiger partial charge is 0.237 e. The average Bonchev–Trinajstić information content (AvgIpc) is 2.59. The third-order valence-corrected chi connectivity index (χ3v) is 4.79. The third kappa shape index (κ3) is 6.59. The summed E-state index contributed by atoms with van der Waals surface area (Å²) >= 11 is 0. The Morgan fingerprint density at radius 2 is 2.00 bits per heavy atom. The Bertz CT molecular complexity index is 609. The summed E-state index contributed by atoms with van der Waals surface area (Å²) in [4.78, 5) is 25.6. The van der Waals surface area contributed by atoms with Gasteiger partial charge in [0.1, 0.15) is 0 Å². The number of halogens is 1. The van der Waals surface area contributed by atoms with Crippen LogP contribution in [0, 0.1) is 11.8 Å². The molecule has 2 rings (SSSR count). The van der Waals surface area contributed by atoms with Crippen molar-refractivity contribution < 1.29 is 9.59 Å². The number of nitrogens with two attached hydrogens (primary N) is 2. The molecular formula is C19H31ClN4O2.